The molecule has 2 unspecified atom stereocenters. The molecule has 2 bridgehead atoms. The second-order valence-corrected chi connectivity index (χ2v) is 7.34. The van der Waals surface area contributed by atoms with E-state index in [9.17, 15) is 0 Å². The van der Waals surface area contributed by atoms with E-state index in [0.29, 0.717) is 0 Å². The van der Waals surface area contributed by atoms with Gasteiger partial charge in [-0.2, -0.15) is 0 Å². The SMILES string of the molecule is CCN(Cc1ccc(Br)c(Cl)c1)C1CC2CCC(C1)N2. The van der Waals surface area contributed by atoms with Crippen molar-refractivity contribution in [3.8, 4) is 0 Å². The Kier molecular flexibility index (Phi) is 4.71. The van der Waals surface area contributed by atoms with E-state index in [1.807, 2.05) is 0 Å². The predicted molar refractivity (Wildman–Crippen MR) is 88.2 cm³/mol. The maximum Gasteiger partial charge on any atom is 0.0551 e. The first kappa shape index (κ1) is 14.8. The summed E-state index contributed by atoms with van der Waals surface area (Å²) < 4.78 is 0.978. The summed E-state index contributed by atoms with van der Waals surface area (Å²) in [7, 11) is 0. The highest BCUT2D eigenvalue weighted by molar-refractivity contribution is 9.10. The molecular weight excluding hydrogens is 336 g/mol. The van der Waals surface area contributed by atoms with Crippen LogP contribution in [0.5, 0.6) is 0 Å². The first-order valence-corrected chi connectivity index (χ1v) is 8.77. The summed E-state index contributed by atoms with van der Waals surface area (Å²) in [4.78, 5) is 2.62. The first-order valence-electron chi connectivity index (χ1n) is 7.59. The fourth-order valence-corrected chi connectivity index (χ4v) is 4.15. The Hall–Kier alpha value is -0.0900. The number of piperidine rings is 1. The van der Waals surface area contributed by atoms with Crippen LogP contribution in [0.3, 0.4) is 0 Å². The van der Waals surface area contributed by atoms with Gasteiger partial charge in [0.15, 0.2) is 0 Å². The van der Waals surface area contributed by atoms with Gasteiger partial charge in [-0.15, -0.1) is 0 Å². The summed E-state index contributed by atoms with van der Waals surface area (Å²) in [6.45, 7) is 4.38. The molecule has 0 spiro atoms. The fourth-order valence-electron chi connectivity index (χ4n) is 3.70. The van der Waals surface area contributed by atoms with Gasteiger partial charge >= 0.3 is 0 Å². The van der Waals surface area contributed by atoms with Crippen molar-refractivity contribution >= 4 is 27.5 Å². The molecule has 2 fully saturated rings. The summed E-state index contributed by atoms with van der Waals surface area (Å²) in [5.41, 5.74) is 1.31. The van der Waals surface area contributed by atoms with Crippen molar-refractivity contribution in [1.82, 2.24) is 10.2 Å². The van der Waals surface area contributed by atoms with E-state index in [0.717, 1.165) is 40.7 Å². The van der Waals surface area contributed by atoms with Crippen molar-refractivity contribution < 1.29 is 0 Å². The summed E-state index contributed by atoms with van der Waals surface area (Å²) in [5, 5.41) is 4.53. The van der Waals surface area contributed by atoms with E-state index < -0.39 is 0 Å². The molecule has 0 radical (unpaired) electrons. The molecule has 3 rings (SSSR count). The van der Waals surface area contributed by atoms with Crippen molar-refractivity contribution in [3.05, 3.63) is 33.3 Å². The van der Waals surface area contributed by atoms with Crippen molar-refractivity contribution in [1.29, 1.82) is 0 Å². The standard InChI is InChI=1S/C16H22BrClN2/c1-2-20(10-11-3-6-15(17)16(18)7-11)14-8-12-4-5-13(9-14)19-12/h3,6-7,12-14,19H,2,4-5,8-10H2,1H3. The maximum atomic E-state index is 6.21. The molecule has 20 heavy (non-hydrogen) atoms. The maximum absolute atomic E-state index is 6.21. The second-order valence-electron chi connectivity index (χ2n) is 6.07. The smallest absolute Gasteiger partial charge is 0.0551 e. The van der Waals surface area contributed by atoms with Gasteiger partial charge in [0, 0.05) is 29.1 Å². The van der Waals surface area contributed by atoms with Gasteiger partial charge in [-0.1, -0.05) is 24.6 Å². The zero-order valence-electron chi connectivity index (χ0n) is 11.9. The summed E-state index contributed by atoms with van der Waals surface area (Å²) in [5.74, 6) is 0. The number of nitrogens with one attached hydrogen (secondary N) is 1. The fraction of sp³-hybridized carbons (Fsp3) is 0.625. The average molecular weight is 358 g/mol. The van der Waals surface area contributed by atoms with E-state index in [1.54, 1.807) is 0 Å². The van der Waals surface area contributed by atoms with Crippen LogP contribution in [-0.4, -0.2) is 29.6 Å². The summed E-state index contributed by atoms with van der Waals surface area (Å²) in [6, 6.07) is 8.54. The number of halogens is 2. The number of benzene rings is 1. The lowest BCUT2D eigenvalue weighted by Crippen LogP contribution is -2.47. The van der Waals surface area contributed by atoms with E-state index in [-0.39, 0.29) is 0 Å². The third-order valence-electron chi connectivity index (χ3n) is 4.74. The van der Waals surface area contributed by atoms with Crippen molar-refractivity contribution in [3.63, 3.8) is 0 Å². The topological polar surface area (TPSA) is 15.3 Å². The molecule has 1 aromatic rings. The highest BCUT2D eigenvalue weighted by Gasteiger charge is 2.35. The Balaban J connectivity index is 1.68. The van der Waals surface area contributed by atoms with Gasteiger partial charge < -0.3 is 5.32 Å². The molecule has 2 heterocycles. The number of nitrogens with zero attached hydrogens (tertiary/aromatic N) is 1. The van der Waals surface area contributed by atoms with Crippen LogP contribution in [0, 0.1) is 0 Å². The normalized spacial score (nSPS) is 29.1. The Morgan fingerprint density at radius 1 is 1.30 bits per heavy atom. The van der Waals surface area contributed by atoms with Crippen LogP contribution < -0.4 is 5.32 Å². The predicted octanol–water partition coefficient (Wildman–Crippen LogP) is 4.21. The molecular formula is C16H22BrClN2. The lowest BCUT2D eigenvalue weighted by Gasteiger charge is -2.37. The Morgan fingerprint density at radius 2 is 2.00 bits per heavy atom. The van der Waals surface area contributed by atoms with Gasteiger partial charge in [-0.3, -0.25) is 4.90 Å². The minimum absolute atomic E-state index is 0.723. The van der Waals surface area contributed by atoms with E-state index >= 15 is 0 Å². The van der Waals surface area contributed by atoms with Crippen LogP contribution in [0.25, 0.3) is 0 Å². The molecule has 2 aliphatic rings. The quantitative estimate of drug-likeness (QED) is 0.868. The molecule has 4 heteroatoms. The van der Waals surface area contributed by atoms with Crippen LogP contribution in [-0.2, 0) is 6.54 Å². The van der Waals surface area contributed by atoms with Gasteiger partial charge in [0.05, 0.1) is 5.02 Å². The van der Waals surface area contributed by atoms with Gasteiger partial charge in [0.25, 0.3) is 0 Å². The molecule has 1 N–H and O–H groups in total. The summed E-state index contributed by atoms with van der Waals surface area (Å²) in [6.07, 6.45) is 5.33. The van der Waals surface area contributed by atoms with Crippen LogP contribution >= 0.6 is 27.5 Å². The highest BCUT2D eigenvalue weighted by Crippen LogP contribution is 2.31. The zero-order valence-corrected chi connectivity index (χ0v) is 14.3. The summed E-state index contributed by atoms with van der Waals surface area (Å²) >= 11 is 9.67. The van der Waals surface area contributed by atoms with E-state index in [2.05, 4.69) is 51.3 Å². The van der Waals surface area contributed by atoms with Gasteiger partial charge in [-0.05, 0) is 65.9 Å². The van der Waals surface area contributed by atoms with Crippen LogP contribution in [0.4, 0.5) is 0 Å². The van der Waals surface area contributed by atoms with Gasteiger partial charge in [0.2, 0.25) is 0 Å². The number of hydrogen-bond donors (Lipinski definition) is 1. The van der Waals surface area contributed by atoms with E-state index in [1.165, 1.54) is 31.2 Å². The number of fused-ring (bicyclic) bond motifs is 2. The minimum Gasteiger partial charge on any atom is -0.311 e. The molecule has 110 valence electrons. The monoisotopic (exact) mass is 356 g/mol. The molecule has 0 saturated carbocycles. The highest BCUT2D eigenvalue weighted by atomic mass is 79.9. The van der Waals surface area contributed by atoms with Crippen LogP contribution in [0.1, 0.15) is 38.2 Å². The molecule has 0 amide bonds. The zero-order chi connectivity index (χ0) is 14.1. The van der Waals surface area contributed by atoms with Crippen LogP contribution in [0.2, 0.25) is 5.02 Å². The molecule has 0 aliphatic carbocycles. The molecule has 2 nitrogen and oxygen atoms in total. The molecule has 2 aliphatic heterocycles. The minimum atomic E-state index is 0.723. The van der Waals surface area contributed by atoms with Crippen LogP contribution in [0.15, 0.2) is 22.7 Å². The average Bonchev–Trinajstić information content (AvgIpc) is 2.78. The molecule has 2 atom stereocenters. The molecule has 2 saturated heterocycles. The third kappa shape index (κ3) is 3.22. The molecule has 1 aromatic carbocycles. The number of rotatable bonds is 4. The lowest BCUT2D eigenvalue weighted by molar-refractivity contribution is 0.141. The van der Waals surface area contributed by atoms with E-state index in [4.69, 9.17) is 11.6 Å². The molecule has 0 aromatic heterocycles. The Bertz CT molecular complexity index is 468. The first-order chi connectivity index (χ1) is 9.65. The van der Waals surface area contributed by atoms with Gasteiger partial charge in [0.1, 0.15) is 0 Å². The van der Waals surface area contributed by atoms with Crippen molar-refractivity contribution in [2.75, 3.05) is 6.54 Å². The third-order valence-corrected chi connectivity index (χ3v) is 5.97. The number of hydrogen-bond acceptors (Lipinski definition) is 2. The lowest BCUT2D eigenvalue weighted by atomic mass is 9.97. The largest absolute Gasteiger partial charge is 0.311 e. The van der Waals surface area contributed by atoms with Gasteiger partial charge in [-0.25, -0.2) is 0 Å². The Labute approximate surface area is 135 Å². The second kappa shape index (κ2) is 6.35. The van der Waals surface area contributed by atoms with Crippen molar-refractivity contribution in [2.45, 2.75) is 57.3 Å². The Morgan fingerprint density at radius 3 is 2.60 bits per heavy atom. The van der Waals surface area contributed by atoms with Crippen molar-refractivity contribution in [2.24, 2.45) is 0 Å².